The fourth-order valence-electron chi connectivity index (χ4n) is 2.01. The van der Waals surface area contributed by atoms with Crippen molar-refractivity contribution in [1.29, 1.82) is 0 Å². The van der Waals surface area contributed by atoms with Crippen molar-refractivity contribution in [2.24, 2.45) is 0 Å². The molecule has 0 radical (unpaired) electrons. The first-order chi connectivity index (χ1) is 10.9. The summed E-state index contributed by atoms with van der Waals surface area (Å²) in [4.78, 5) is 11.9. The second kappa shape index (κ2) is 6.68. The molecule has 0 aliphatic heterocycles. The molecule has 0 heterocycles. The van der Waals surface area contributed by atoms with E-state index in [-0.39, 0.29) is 5.69 Å². The van der Waals surface area contributed by atoms with Crippen molar-refractivity contribution in [2.45, 2.75) is 13.3 Å². The number of amides is 1. The zero-order valence-electron chi connectivity index (χ0n) is 12.3. The van der Waals surface area contributed by atoms with Crippen molar-refractivity contribution in [2.75, 3.05) is 12.4 Å². The van der Waals surface area contributed by atoms with Gasteiger partial charge in [-0.25, -0.2) is 8.78 Å². The molecule has 1 amide bonds. The smallest absolute Gasteiger partial charge is 0.261 e. The zero-order chi connectivity index (χ0) is 17.1. The number of rotatable bonds is 4. The normalized spacial score (nSPS) is 10.5. The van der Waals surface area contributed by atoms with E-state index in [1.807, 2.05) is 6.92 Å². The van der Waals surface area contributed by atoms with Crippen molar-refractivity contribution < 1.29 is 27.1 Å². The van der Waals surface area contributed by atoms with Crippen LogP contribution in [0.25, 0.3) is 0 Å². The monoisotopic (exact) mass is 327 g/mol. The Bertz CT molecular complexity index is 716. The Labute approximate surface area is 129 Å². The fourth-order valence-corrected chi connectivity index (χ4v) is 2.01. The number of hydrogen-bond donors (Lipinski definition) is 1. The summed E-state index contributed by atoms with van der Waals surface area (Å²) in [6.07, 6.45) is 0.770. The van der Waals surface area contributed by atoms with Gasteiger partial charge in [-0.3, -0.25) is 4.79 Å². The van der Waals surface area contributed by atoms with Crippen LogP contribution in [-0.2, 0) is 6.42 Å². The summed E-state index contributed by atoms with van der Waals surface area (Å²) < 4.78 is 59.2. The molecule has 122 valence electrons. The number of benzene rings is 2. The minimum Gasteiger partial charge on any atom is -0.491 e. The Kier molecular flexibility index (Phi) is 4.88. The highest BCUT2D eigenvalue weighted by Gasteiger charge is 2.30. The average molecular weight is 327 g/mol. The number of nitrogens with one attached hydrogen (secondary N) is 1. The number of hydrogen-bond acceptors (Lipinski definition) is 2. The maximum absolute atomic E-state index is 13.8. The summed E-state index contributed by atoms with van der Waals surface area (Å²) in [5.41, 5.74) is -0.120. The van der Waals surface area contributed by atoms with Gasteiger partial charge in [0.2, 0.25) is 11.6 Å². The van der Waals surface area contributed by atoms with Gasteiger partial charge >= 0.3 is 0 Å². The van der Waals surface area contributed by atoms with E-state index in [9.17, 15) is 22.4 Å². The van der Waals surface area contributed by atoms with Gasteiger partial charge in [0.05, 0.1) is 7.11 Å². The Morgan fingerprint density at radius 3 is 1.96 bits per heavy atom. The minimum atomic E-state index is -1.82. The van der Waals surface area contributed by atoms with Crippen LogP contribution < -0.4 is 10.1 Å². The molecule has 0 spiro atoms. The molecule has 7 heteroatoms. The van der Waals surface area contributed by atoms with E-state index in [1.165, 1.54) is 12.1 Å². The topological polar surface area (TPSA) is 38.3 Å². The predicted octanol–water partition coefficient (Wildman–Crippen LogP) is 4.07. The number of carbonyl (C=O) groups is 1. The van der Waals surface area contributed by atoms with Crippen molar-refractivity contribution in [3.63, 3.8) is 0 Å². The largest absolute Gasteiger partial charge is 0.491 e. The lowest BCUT2D eigenvalue weighted by Gasteiger charge is -2.11. The fraction of sp³-hybridized carbons (Fsp3) is 0.188. The van der Waals surface area contributed by atoms with Gasteiger partial charge in [-0.2, -0.15) is 8.78 Å². The number of anilines is 1. The van der Waals surface area contributed by atoms with Gasteiger partial charge in [0.25, 0.3) is 5.91 Å². The van der Waals surface area contributed by atoms with Crippen molar-refractivity contribution in [3.05, 3.63) is 58.7 Å². The van der Waals surface area contributed by atoms with Gasteiger partial charge < -0.3 is 10.1 Å². The summed E-state index contributed by atoms with van der Waals surface area (Å²) >= 11 is 0. The summed E-state index contributed by atoms with van der Waals surface area (Å²) in [6, 6.07) is 6.45. The second-order valence-electron chi connectivity index (χ2n) is 4.67. The lowest BCUT2D eigenvalue weighted by molar-refractivity contribution is 0.101. The molecule has 0 saturated carbocycles. The van der Waals surface area contributed by atoms with Crippen LogP contribution in [0.3, 0.4) is 0 Å². The maximum Gasteiger partial charge on any atom is 0.261 e. The van der Waals surface area contributed by atoms with Crippen LogP contribution in [0.15, 0.2) is 24.3 Å². The van der Waals surface area contributed by atoms with Crippen LogP contribution in [0.2, 0.25) is 0 Å². The van der Waals surface area contributed by atoms with Crippen molar-refractivity contribution >= 4 is 11.6 Å². The highest BCUT2D eigenvalue weighted by atomic mass is 19.2. The molecule has 3 nitrogen and oxygen atoms in total. The van der Waals surface area contributed by atoms with E-state index in [0.717, 1.165) is 19.1 Å². The lowest BCUT2D eigenvalue weighted by Crippen LogP contribution is -2.18. The molecule has 0 saturated heterocycles. The third-order valence-corrected chi connectivity index (χ3v) is 3.27. The van der Waals surface area contributed by atoms with Crippen molar-refractivity contribution in [1.82, 2.24) is 0 Å². The number of carbonyl (C=O) groups excluding carboxylic acids is 1. The molecule has 0 bridgehead atoms. The van der Waals surface area contributed by atoms with Gasteiger partial charge in [-0.1, -0.05) is 19.1 Å². The molecular formula is C16H13F4NO2. The molecule has 0 aromatic heterocycles. The molecule has 0 unspecified atom stereocenters. The van der Waals surface area contributed by atoms with Crippen LogP contribution in [0.4, 0.5) is 23.2 Å². The van der Waals surface area contributed by atoms with Crippen LogP contribution >= 0.6 is 0 Å². The van der Waals surface area contributed by atoms with Crippen LogP contribution in [0.5, 0.6) is 5.75 Å². The zero-order valence-corrected chi connectivity index (χ0v) is 12.3. The van der Waals surface area contributed by atoms with Crippen LogP contribution in [0, 0.1) is 23.3 Å². The third kappa shape index (κ3) is 3.13. The van der Waals surface area contributed by atoms with E-state index in [2.05, 4.69) is 10.1 Å². The third-order valence-electron chi connectivity index (χ3n) is 3.27. The first-order valence-electron chi connectivity index (χ1n) is 6.70. The van der Waals surface area contributed by atoms with Crippen LogP contribution in [-0.4, -0.2) is 13.0 Å². The molecule has 0 aliphatic carbocycles. The Morgan fingerprint density at radius 2 is 1.52 bits per heavy atom. The van der Waals surface area contributed by atoms with Gasteiger partial charge in [-0.05, 0) is 24.1 Å². The first-order valence-corrected chi connectivity index (χ1v) is 6.70. The van der Waals surface area contributed by atoms with Gasteiger partial charge in [0.1, 0.15) is 5.56 Å². The SMILES string of the molecule is CCc1ccc(NC(=O)c2c(F)c(F)c(OC)c(F)c2F)cc1. The summed E-state index contributed by atoms with van der Waals surface area (Å²) in [5.74, 6) is -9.68. The minimum absolute atomic E-state index is 0.239. The van der Waals surface area contributed by atoms with E-state index >= 15 is 0 Å². The van der Waals surface area contributed by atoms with Gasteiger partial charge in [0, 0.05) is 5.69 Å². The number of ether oxygens (including phenoxy) is 1. The molecule has 23 heavy (non-hydrogen) atoms. The molecule has 2 rings (SSSR count). The predicted molar refractivity (Wildman–Crippen MR) is 76.6 cm³/mol. The Morgan fingerprint density at radius 1 is 1.00 bits per heavy atom. The summed E-state index contributed by atoms with van der Waals surface area (Å²) in [5, 5.41) is 2.19. The first kappa shape index (κ1) is 16.8. The van der Waals surface area contributed by atoms with Crippen LogP contribution in [0.1, 0.15) is 22.8 Å². The lowest BCUT2D eigenvalue weighted by atomic mass is 10.1. The maximum atomic E-state index is 13.8. The standard InChI is InChI=1S/C16H13F4NO2/c1-3-8-4-6-9(7-5-8)21-16(22)10-11(17)13(19)15(23-2)14(20)12(10)18/h4-7H,3H2,1-2H3,(H,21,22). The Hall–Kier alpha value is -2.57. The average Bonchev–Trinajstić information content (AvgIpc) is 2.54. The molecule has 0 fully saturated rings. The van der Waals surface area contributed by atoms with E-state index in [4.69, 9.17) is 0 Å². The molecule has 2 aromatic rings. The highest BCUT2D eigenvalue weighted by molar-refractivity contribution is 6.04. The number of methoxy groups -OCH3 is 1. The van der Waals surface area contributed by atoms with E-state index in [0.29, 0.717) is 0 Å². The van der Waals surface area contributed by atoms with E-state index < -0.39 is 40.5 Å². The van der Waals surface area contributed by atoms with Gasteiger partial charge in [0.15, 0.2) is 17.4 Å². The van der Waals surface area contributed by atoms with Gasteiger partial charge in [-0.15, -0.1) is 0 Å². The van der Waals surface area contributed by atoms with E-state index in [1.54, 1.807) is 12.1 Å². The second-order valence-corrected chi connectivity index (χ2v) is 4.67. The molecule has 0 aliphatic rings. The quantitative estimate of drug-likeness (QED) is 0.679. The Balaban J connectivity index is 2.39. The number of aryl methyl sites for hydroxylation is 1. The summed E-state index contributed by atoms with van der Waals surface area (Å²) in [7, 11) is 0.857. The summed E-state index contributed by atoms with van der Waals surface area (Å²) in [6.45, 7) is 1.93. The number of halogens is 4. The molecule has 2 aromatic carbocycles. The van der Waals surface area contributed by atoms with Crippen molar-refractivity contribution in [3.8, 4) is 5.75 Å². The molecule has 0 atom stereocenters. The highest BCUT2D eigenvalue weighted by Crippen LogP contribution is 2.30. The molecular weight excluding hydrogens is 314 g/mol. The molecule has 1 N–H and O–H groups in total.